The van der Waals surface area contributed by atoms with Crippen LogP contribution in [0.1, 0.15) is 76.5 Å². The van der Waals surface area contributed by atoms with Crippen molar-refractivity contribution >= 4 is 8.53 Å². The molecule has 0 spiro atoms. The number of nitrogens with zero attached hydrogens (tertiary/aromatic N) is 2. The molecule has 0 N–H and O–H groups in total. The standard InChI is InChI=1S/C36H49N2O5P/c1-29(2)38(30(3)4)44(43-28-14-25-37)42-27-13-8-7-12-26-41-36(31-15-10-9-11-16-31,32-17-21-34(39-5)22-18-32)33-19-23-35(40-6)24-20-33/h9-11,15-24,29-30H,7-8,12-14,26-28H2,1-6H3. The molecular formula is C36H49N2O5P. The normalized spacial score (nSPS) is 12.5. The summed E-state index contributed by atoms with van der Waals surface area (Å²) in [6, 6.07) is 29.4. The predicted molar refractivity (Wildman–Crippen MR) is 178 cm³/mol. The van der Waals surface area contributed by atoms with Crippen LogP contribution in [0, 0.1) is 11.3 Å². The Morgan fingerprint density at radius 2 is 1.14 bits per heavy atom. The van der Waals surface area contributed by atoms with Gasteiger partial charge in [0.15, 0.2) is 0 Å². The second kappa shape index (κ2) is 18.7. The molecule has 0 aromatic heterocycles. The highest BCUT2D eigenvalue weighted by atomic mass is 31.2. The lowest BCUT2D eigenvalue weighted by atomic mass is 9.80. The first-order valence-corrected chi connectivity index (χ1v) is 16.7. The zero-order valence-electron chi connectivity index (χ0n) is 27.2. The molecule has 0 aliphatic heterocycles. The Bertz CT molecular complexity index is 1190. The van der Waals surface area contributed by atoms with Crippen LogP contribution < -0.4 is 9.47 Å². The van der Waals surface area contributed by atoms with Crippen molar-refractivity contribution in [3.63, 3.8) is 0 Å². The summed E-state index contributed by atoms with van der Waals surface area (Å²) in [6.45, 7) is 10.2. The maximum Gasteiger partial charge on any atom is 0.259 e. The third-order valence-corrected chi connectivity index (χ3v) is 9.50. The first-order chi connectivity index (χ1) is 21.4. The summed E-state index contributed by atoms with van der Waals surface area (Å²) in [5.74, 6) is 1.61. The fourth-order valence-corrected chi connectivity index (χ4v) is 6.94. The zero-order valence-corrected chi connectivity index (χ0v) is 28.1. The Kier molecular flexibility index (Phi) is 15.1. The summed E-state index contributed by atoms with van der Waals surface area (Å²) in [4.78, 5) is 0. The Morgan fingerprint density at radius 1 is 0.659 bits per heavy atom. The Labute approximate surface area is 266 Å². The number of rotatable bonds is 20. The molecule has 44 heavy (non-hydrogen) atoms. The van der Waals surface area contributed by atoms with Crippen LogP contribution >= 0.6 is 8.53 Å². The van der Waals surface area contributed by atoms with Crippen LogP contribution in [0.25, 0.3) is 0 Å². The summed E-state index contributed by atoms with van der Waals surface area (Å²) in [7, 11) is 2.15. The third kappa shape index (κ3) is 9.76. The van der Waals surface area contributed by atoms with E-state index in [2.05, 4.69) is 87.0 Å². The average molecular weight is 621 g/mol. The lowest BCUT2D eigenvalue weighted by Crippen LogP contribution is -2.33. The number of ether oxygens (including phenoxy) is 3. The monoisotopic (exact) mass is 620 g/mol. The van der Waals surface area contributed by atoms with E-state index in [1.54, 1.807) is 14.2 Å². The summed E-state index contributed by atoms with van der Waals surface area (Å²) < 4.78 is 32.4. The first-order valence-electron chi connectivity index (χ1n) is 15.6. The molecular weight excluding hydrogens is 571 g/mol. The van der Waals surface area contributed by atoms with E-state index in [1.807, 2.05) is 30.3 Å². The SMILES string of the molecule is COc1ccc(C(OCCCCCCOP(OCCC#N)N(C(C)C)C(C)C)(c2ccccc2)c2ccc(OC)cc2)cc1. The van der Waals surface area contributed by atoms with Gasteiger partial charge < -0.3 is 23.3 Å². The van der Waals surface area contributed by atoms with Crippen molar-refractivity contribution in [1.82, 2.24) is 4.67 Å². The van der Waals surface area contributed by atoms with Gasteiger partial charge in [0.25, 0.3) is 8.53 Å². The fourth-order valence-electron chi connectivity index (χ4n) is 5.31. The highest BCUT2D eigenvalue weighted by Gasteiger charge is 2.37. The van der Waals surface area contributed by atoms with Crippen LogP contribution in [-0.4, -0.2) is 50.8 Å². The van der Waals surface area contributed by atoms with Crippen LogP contribution in [0.5, 0.6) is 11.5 Å². The molecule has 0 saturated carbocycles. The zero-order chi connectivity index (χ0) is 31.8. The molecule has 3 rings (SSSR count). The van der Waals surface area contributed by atoms with E-state index < -0.39 is 14.1 Å². The Balaban J connectivity index is 1.68. The van der Waals surface area contributed by atoms with E-state index in [-0.39, 0.29) is 0 Å². The van der Waals surface area contributed by atoms with Gasteiger partial charge in [-0.25, -0.2) is 4.67 Å². The Hall–Kier alpha value is -2.98. The van der Waals surface area contributed by atoms with Crippen molar-refractivity contribution in [1.29, 1.82) is 5.26 Å². The molecule has 0 amide bonds. The maximum atomic E-state index is 8.94. The van der Waals surface area contributed by atoms with E-state index in [1.165, 1.54) is 0 Å². The van der Waals surface area contributed by atoms with Crippen molar-refractivity contribution in [3.05, 3.63) is 95.6 Å². The average Bonchev–Trinajstić information content (AvgIpc) is 3.04. The number of unbranched alkanes of at least 4 members (excludes halogenated alkanes) is 3. The van der Waals surface area contributed by atoms with E-state index in [9.17, 15) is 0 Å². The summed E-state index contributed by atoms with van der Waals surface area (Å²) >= 11 is 0. The molecule has 0 aliphatic rings. The smallest absolute Gasteiger partial charge is 0.259 e. The molecule has 3 aromatic rings. The minimum atomic E-state index is -1.20. The van der Waals surface area contributed by atoms with Crippen molar-refractivity contribution in [2.24, 2.45) is 0 Å². The van der Waals surface area contributed by atoms with Crippen LogP contribution in [0.3, 0.4) is 0 Å². The van der Waals surface area contributed by atoms with Gasteiger partial charge >= 0.3 is 0 Å². The minimum Gasteiger partial charge on any atom is -0.497 e. The van der Waals surface area contributed by atoms with Crippen LogP contribution in [-0.2, 0) is 19.4 Å². The minimum absolute atomic E-state index is 0.293. The molecule has 1 atom stereocenters. The summed E-state index contributed by atoms with van der Waals surface area (Å²) in [6.07, 6.45) is 4.26. The van der Waals surface area contributed by atoms with E-state index in [0.717, 1.165) is 53.9 Å². The molecule has 3 aromatic carbocycles. The van der Waals surface area contributed by atoms with Gasteiger partial charge in [0.05, 0.1) is 39.9 Å². The van der Waals surface area contributed by atoms with Crippen LogP contribution in [0.4, 0.5) is 0 Å². The molecule has 238 valence electrons. The van der Waals surface area contributed by atoms with Crippen molar-refractivity contribution in [2.45, 2.75) is 77.5 Å². The van der Waals surface area contributed by atoms with Gasteiger partial charge in [0.1, 0.15) is 17.1 Å². The van der Waals surface area contributed by atoms with Gasteiger partial charge in [-0.2, -0.15) is 5.26 Å². The van der Waals surface area contributed by atoms with Gasteiger partial charge in [0, 0.05) is 18.7 Å². The van der Waals surface area contributed by atoms with Crippen molar-refractivity contribution in [3.8, 4) is 17.6 Å². The van der Waals surface area contributed by atoms with Crippen molar-refractivity contribution in [2.75, 3.05) is 34.0 Å². The molecule has 1 unspecified atom stereocenters. The van der Waals surface area contributed by atoms with Gasteiger partial charge in [0.2, 0.25) is 0 Å². The Morgan fingerprint density at radius 3 is 1.61 bits per heavy atom. The largest absolute Gasteiger partial charge is 0.497 e. The highest BCUT2D eigenvalue weighted by molar-refractivity contribution is 7.44. The maximum absolute atomic E-state index is 8.94. The molecule has 0 radical (unpaired) electrons. The van der Waals surface area contributed by atoms with E-state index in [0.29, 0.717) is 38.3 Å². The predicted octanol–water partition coefficient (Wildman–Crippen LogP) is 8.87. The van der Waals surface area contributed by atoms with Gasteiger partial charge in [-0.1, -0.05) is 67.4 Å². The molecule has 0 bridgehead atoms. The third-order valence-electron chi connectivity index (χ3n) is 7.39. The van der Waals surface area contributed by atoms with E-state index in [4.69, 9.17) is 28.5 Å². The molecule has 0 fully saturated rings. The van der Waals surface area contributed by atoms with Gasteiger partial charge in [-0.15, -0.1) is 0 Å². The summed E-state index contributed by atoms with van der Waals surface area (Å²) in [5.41, 5.74) is 2.34. The topological polar surface area (TPSA) is 73.2 Å². The number of nitriles is 1. The number of benzene rings is 3. The van der Waals surface area contributed by atoms with Gasteiger partial charge in [-0.3, -0.25) is 0 Å². The molecule has 0 saturated heterocycles. The van der Waals surface area contributed by atoms with Crippen LogP contribution in [0.15, 0.2) is 78.9 Å². The summed E-state index contributed by atoms with van der Waals surface area (Å²) in [5, 5.41) is 8.94. The van der Waals surface area contributed by atoms with Crippen molar-refractivity contribution < 1.29 is 23.3 Å². The number of hydrogen-bond acceptors (Lipinski definition) is 7. The fraction of sp³-hybridized carbons (Fsp3) is 0.472. The first kappa shape index (κ1) is 35.5. The lowest BCUT2D eigenvalue weighted by Gasteiger charge is -2.36. The second-order valence-electron chi connectivity index (χ2n) is 11.1. The molecule has 0 heterocycles. The molecule has 7 nitrogen and oxygen atoms in total. The number of hydrogen-bond donors (Lipinski definition) is 0. The quantitative estimate of drug-likeness (QED) is 0.0710. The molecule has 0 aliphatic carbocycles. The second-order valence-corrected chi connectivity index (χ2v) is 12.6. The highest BCUT2D eigenvalue weighted by Crippen LogP contribution is 2.46. The number of methoxy groups -OCH3 is 2. The van der Waals surface area contributed by atoms with Crippen LogP contribution in [0.2, 0.25) is 0 Å². The molecule has 8 heteroatoms. The van der Waals surface area contributed by atoms with E-state index >= 15 is 0 Å². The van der Waals surface area contributed by atoms with Gasteiger partial charge in [-0.05, 0) is 81.5 Å². The lowest BCUT2D eigenvalue weighted by molar-refractivity contribution is 0.0105.